The predicted octanol–water partition coefficient (Wildman–Crippen LogP) is 0.476. The minimum Gasteiger partial charge on any atom is -0.395 e. The van der Waals surface area contributed by atoms with Crippen LogP contribution in [0.15, 0.2) is 0 Å². The molecule has 3 heteroatoms. The number of aliphatic hydroxyl groups is 1. The summed E-state index contributed by atoms with van der Waals surface area (Å²) in [5.74, 6) is 0. The van der Waals surface area contributed by atoms with Crippen LogP contribution in [0.2, 0.25) is 0 Å². The van der Waals surface area contributed by atoms with Crippen molar-refractivity contribution in [2.45, 2.75) is 38.5 Å². The highest BCUT2D eigenvalue weighted by atomic mass is 16.5. The highest BCUT2D eigenvalue weighted by molar-refractivity contribution is 4.87. The molecule has 1 fully saturated rings. The molecule has 0 aromatic carbocycles. The molecule has 0 aliphatic carbocycles. The van der Waals surface area contributed by atoms with Gasteiger partial charge in [-0.3, -0.25) is 4.90 Å². The Morgan fingerprint density at radius 1 is 1.58 bits per heavy atom. The van der Waals surface area contributed by atoms with E-state index in [1.54, 1.807) is 7.11 Å². The van der Waals surface area contributed by atoms with Crippen LogP contribution in [-0.2, 0) is 4.74 Å². The second-order valence-corrected chi connectivity index (χ2v) is 3.72. The maximum absolute atomic E-state index is 9.10. The zero-order valence-corrected chi connectivity index (χ0v) is 8.16. The second kappa shape index (κ2) is 4.21. The molecule has 0 spiro atoms. The van der Waals surface area contributed by atoms with Gasteiger partial charge in [-0.1, -0.05) is 0 Å². The van der Waals surface area contributed by atoms with Gasteiger partial charge in [0, 0.05) is 25.7 Å². The Bertz CT molecular complexity index is 138. The Balaban J connectivity index is 2.50. The summed E-state index contributed by atoms with van der Waals surface area (Å²) in [5.41, 5.74) is 0. The van der Waals surface area contributed by atoms with Gasteiger partial charge < -0.3 is 9.84 Å². The molecule has 72 valence electrons. The summed E-state index contributed by atoms with van der Waals surface area (Å²) in [6.07, 6.45) is 1.27. The molecule has 1 aliphatic heterocycles. The first-order valence-corrected chi connectivity index (χ1v) is 4.58. The summed E-state index contributed by atoms with van der Waals surface area (Å²) in [7, 11) is 1.74. The second-order valence-electron chi connectivity index (χ2n) is 3.72. The molecule has 0 saturated carbocycles. The lowest BCUT2D eigenvalue weighted by Crippen LogP contribution is -2.37. The molecule has 3 nitrogen and oxygen atoms in total. The van der Waals surface area contributed by atoms with Crippen LogP contribution in [0.1, 0.15) is 20.3 Å². The van der Waals surface area contributed by atoms with Crippen LogP contribution in [0.5, 0.6) is 0 Å². The fraction of sp³-hybridized carbons (Fsp3) is 1.00. The van der Waals surface area contributed by atoms with E-state index in [1.165, 1.54) is 0 Å². The van der Waals surface area contributed by atoms with Crippen LogP contribution in [0.3, 0.4) is 0 Å². The van der Waals surface area contributed by atoms with Gasteiger partial charge in [0.15, 0.2) is 0 Å². The molecule has 1 rings (SSSR count). The van der Waals surface area contributed by atoms with Crippen molar-refractivity contribution in [1.82, 2.24) is 4.90 Å². The standard InChI is InChI=1S/C9H19NO2/c1-7(2)10-5-9(12-3)4-8(10)6-11/h7-9,11H,4-6H2,1-3H3. The normalized spacial score (nSPS) is 31.8. The number of hydrogen-bond acceptors (Lipinski definition) is 3. The van der Waals surface area contributed by atoms with E-state index < -0.39 is 0 Å². The molecule has 0 aromatic heterocycles. The van der Waals surface area contributed by atoms with Crippen LogP contribution >= 0.6 is 0 Å². The first-order chi connectivity index (χ1) is 5.69. The minimum atomic E-state index is 0.248. The van der Waals surface area contributed by atoms with Crippen LogP contribution in [0, 0.1) is 0 Å². The Morgan fingerprint density at radius 2 is 2.25 bits per heavy atom. The van der Waals surface area contributed by atoms with Gasteiger partial charge in [-0.25, -0.2) is 0 Å². The molecule has 1 saturated heterocycles. The zero-order valence-electron chi connectivity index (χ0n) is 8.16. The lowest BCUT2D eigenvalue weighted by molar-refractivity contribution is 0.101. The predicted molar refractivity (Wildman–Crippen MR) is 48.1 cm³/mol. The number of ether oxygens (including phenoxy) is 1. The molecule has 1 aliphatic rings. The lowest BCUT2D eigenvalue weighted by atomic mass is 10.2. The van der Waals surface area contributed by atoms with Crippen molar-refractivity contribution in [3.8, 4) is 0 Å². The van der Waals surface area contributed by atoms with E-state index in [0.717, 1.165) is 13.0 Å². The van der Waals surface area contributed by atoms with Crippen molar-refractivity contribution in [1.29, 1.82) is 0 Å². The van der Waals surface area contributed by atoms with Crippen LogP contribution in [0.4, 0.5) is 0 Å². The topological polar surface area (TPSA) is 32.7 Å². The average molecular weight is 173 g/mol. The third-order valence-electron chi connectivity index (χ3n) is 2.63. The van der Waals surface area contributed by atoms with Crippen molar-refractivity contribution >= 4 is 0 Å². The van der Waals surface area contributed by atoms with Gasteiger partial charge >= 0.3 is 0 Å². The van der Waals surface area contributed by atoms with Crippen molar-refractivity contribution in [2.24, 2.45) is 0 Å². The Kier molecular flexibility index (Phi) is 3.50. The van der Waals surface area contributed by atoms with E-state index in [-0.39, 0.29) is 6.61 Å². The van der Waals surface area contributed by atoms with Crippen LogP contribution in [0.25, 0.3) is 0 Å². The fourth-order valence-electron chi connectivity index (χ4n) is 1.88. The Morgan fingerprint density at radius 3 is 2.58 bits per heavy atom. The summed E-state index contributed by atoms with van der Waals surface area (Å²) in [6.45, 7) is 5.51. The number of likely N-dealkylation sites (tertiary alicyclic amines) is 1. The van der Waals surface area contributed by atoms with Gasteiger partial charge in [0.2, 0.25) is 0 Å². The first-order valence-electron chi connectivity index (χ1n) is 4.58. The number of rotatable bonds is 3. The number of methoxy groups -OCH3 is 1. The van der Waals surface area contributed by atoms with E-state index >= 15 is 0 Å². The quantitative estimate of drug-likeness (QED) is 0.673. The Hall–Kier alpha value is -0.120. The van der Waals surface area contributed by atoms with E-state index in [1.807, 2.05) is 0 Å². The van der Waals surface area contributed by atoms with E-state index in [0.29, 0.717) is 18.2 Å². The zero-order chi connectivity index (χ0) is 9.14. The van der Waals surface area contributed by atoms with Crippen molar-refractivity contribution in [3.05, 3.63) is 0 Å². The fourth-order valence-corrected chi connectivity index (χ4v) is 1.88. The largest absolute Gasteiger partial charge is 0.395 e. The summed E-state index contributed by atoms with van der Waals surface area (Å²) >= 11 is 0. The summed E-state index contributed by atoms with van der Waals surface area (Å²) in [6, 6.07) is 0.803. The number of hydrogen-bond donors (Lipinski definition) is 1. The molecule has 0 aromatic rings. The molecule has 2 atom stereocenters. The maximum atomic E-state index is 9.10. The molecule has 0 bridgehead atoms. The third-order valence-corrected chi connectivity index (χ3v) is 2.63. The molecule has 0 radical (unpaired) electrons. The SMILES string of the molecule is COC1CC(CO)N(C(C)C)C1. The molecular formula is C9H19NO2. The van der Waals surface area contributed by atoms with E-state index in [9.17, 15) is 0 Å². The van der Waals surface area contributed by atoms with Crippen LogP contribution in [-0.4, -0.2) is 48.5 Å². The van der Waals surface area contributed by atoms with Gasteiger partial charge in [-0.2, -0.15) is 0 Å². The van der Waals surface area contributed by atoms with Gasteiger partial charge in [0.05, 0.1) is 12.7 Å². The highest BCUT2D eigenvalue weighted by Gasteiger charge is 2.32. The lowest BCUT2D eigenvalue weighted by Gasteiger charge is -2.26. The van der Waals surface area contributed by atoms with E-state index in [2.05, 4.69) is 18.7 Å². The molecule has 12 heavy (non-hydrogen) atoms. The monoisotopic (exact) mass is 173 g/mol. The summed E-state index contributed by atoms with van der Waals surface area (Å²) in [4.78, 5) is 2.30. The molecule has 1 N–H and O–H groups in total. The van der Waals surface area contributed by atoms with Crippen molar-refractivity contribution in [2.75, 3.05) is 20.3 Å². The van der Waals surface area contributed by atoms with E-state index in [4.69, 9.17) is 9.84 Å². The molecule has 1 heterocycles. The third kappa shape index (κ3) is 1.97. The van der Waals surface area contributed by atoms with Crippen molar-refractivity contribution < 1.29 is 9.84 Å². The smallest absolute Gasteiger partial charge is 0.0714 e. The van der Waals surface area contributed by atoms with Gasteiger partial charge in [-0.05, 0) is 20.3 Å². The van der Waals surface area contributed by atoms with Gasteiger partial charge in [0.1, 0.15) is 0 Å². The highest BCUT2D eigenvalue weighted by Crippen LogP contribution is 2.21. The maximum Gasteiger partial charge on any atom is 0.0714 e. The molecular weight excluding hydrogens is 154 g/mol. The van der Waals surface area contributed by atoms with Gasteiger partial charge in [0.25, 0.3) is 0 Å². The Labute approximate surface area is 74.3 Å². The summed E-state index contributed by atoms with van der Waals surface area (Å²) < 4.78 is 5.27. The molecule has 2 unspecified atom stereocenters. The average Bonchev–Trinajstić information content (AvgIpc) is 2.47. The van der Waals surface area contributed by atoms with Crippen molar-refractivity contribution in [3.63, 3.8) is 0 Å². The number of aliphatic hydroxyl groups excluding tert-OH is 1. The van der Waals surface area contributed by atoms with Crippen LogP contribution < -0.4 is 0 Å². The first kappa shape index (κ1) is 9.96. The van der Waals surface area contributed by atoms with Gasteiger partial charge in [-0.15, -0.1) is 0 Å². The minimum absolute atomic E-state index is 0.248. The number of nitrogens with zero attached hydrogens (tertiary/aromatic N) is 1. The molecule has 0 amide bonds. The summed E-state index contributed by atoms with van der Waals surface area (Å²) in [5, 5.41) is 9.10.